The van der Waals surface area contributed by atoms with Crippen molar-refractivity contribution < 1.29 is 32.2 Å². The number of hydrogen-bond donors (Lipinski definition) is 1. The molecule has 0 saturated carbocycles. The average Bonchev–Trinajstić information content (AvgIpc) is 3.64. The standard InChI is InChI=1S/C26H28N8O7S3/c1-39-25(36)18(16-42-15-17-3-2-4-21(9-17)40-8-7-29-32-27)10-20(35)13-34-12-19(31-33-34)14-41-22-5-6-24-23(11-22)30-26(43-24)44(28,37)38/h2-6,9,11-12,18H,7-8,10,13-16H2,1H3,(H2,28,37,38)/t18-/m0/s1. The number of aromatic nitrogens is 4. The molecule has 0 bridgehead atoms. The molecule has 2 aromatic heterocycles. The monoisotopic (exact) mass is 660 g/mol. The number of thioether (sulfide) groups is 1. The number of rotatable bonds is 17. The fourth-order valence-corrected chi connectivity index (χ4v) is 6.64. The van der Waals surface area contributed by atoms with Gasteiger partial charge in [-0.1, -0.05) is 22.5 Å². The lowest BCUT2D eigenvalue weighted by Gasteiger charge is -2.14. The largest absolute Gasteiger partial charge is 0.493 e. The second-order valence-electron chi connectivity index (χ2n) is 9.28. The van der Waals surface area contributed by atoms with Crippen molar-refractivity contribution in [3.8, 4) is 11.5 Å². The third-order valence-electron chi connectivity index (χ3n) is 5.91. The summed E-state index contributed by atoms with van der Waals surface area (Å²) in [4.78, 5) is 31.9. The Morgan fingerprint density at radius 3 is 2.80 bits per heavy atom. The highest BCUT2D eigenvalue weighted by Gasteiger charge is 2.23. The van der Waals surface area contributed by atoms with Crippen LogP contribution in [-0.2, 0) is 43.3 Å². The molecule has 0 amide bonds. The first-order chi connectivity index (χ1) is 21.1. The fraction of sp³-hybridized carbons (Fsp3) is 0.346. The van der Waals surface area contributed by atoms with Crippen molar-refractivity contribution in [2.24, 2.45) is 16.2 Å². The Hall–Kier alpha value is -4.22. The zero-order valence-corrected chi connectivity index (χ0v) is 25.9. The number of thiazole rings is 1. The van der Waals surface area contributed by atoms with Crippen LogP contribution in [0, 0.1) is 5.92 Å². The van der Waals surface area contributed by atoms with Gasteiger partial charge < -0.3 is 14.2 Å². The van der Waals surface area contributed by atoms with Crippen LogP contribution >= 0.6 is 23.1 Å². The third-order valence-corrected chi connectivity index (χ3v) is 9.44. The van der Waals surface area contributed by atoms with Gasteiger partial charge in [-0.15, -0.1) is 16.4 Å². The number of hydrogen-bond acceptors (Lipinski definition) is 13. The molecule has 0 fully saturated rings. The Bertz CT molecular complexity index is 1770. The highest BCUT2D eigenvalue weighted by molar-refractivity contribution is 7.98. The second kappa shape index (κ2) is 15.5. The summed E-state index contributed by atoms with van der Waals surface area (Å²) in [6, 6.07) is 12.4. The number of carbonyl (C=O) groups excluding carboxylic acids is 2. The van der Waals surface area contributed by atoms with E-state index < -0.39 is 21.9 Å². The van der Waals surface area contributed by atoms with Gasteiger partial charge in [0.25, 0.3) is 10.0 Å². The van der Waals surface area contributed by atoms with Gasteiger partial charge in [0, 0.05) is 28.9 Å². The summed E-state index contributed by atoms with van der Waals surface area (Å²) in [5.74, 6) is 0.728. The first-order valence-corrected chi connectivity index (χ1v) is 16.5. The van der Waals surface area contributed by atoms with E-state index in [1.807, 2.05) is 18.2 Å². The minimum atomic E-state index is -3.90. The van der Waals surface area contributed by atoms with Crippen molar-refractivity contribution in [2.75, 3.05) is 26.0 Å². The summed E-state index contributed by atoms with van der Waals surface area (Å²) in [6.07, 6.45) is 1.55. The van der Waals surface area contributed by atoms with E-state index in [1.54, 1.807) is 30.5 Å². The predicted molar refractivity (Wildman–Crippen MR) is 163 cm³/mol. The summed E-state index contributed by atoms with van der Waals surface area (Å²) < 4.78 is 41.2. The van der Waals surface area contributed by atoms with Gasteiger partial charge in [0.05, 0.1) is 42.6 Å². The topological polar surface area (TPSA) is 214 Å². The highest BCUT2D eigenvalue weighted by Crippen LogP contribution is 2.28. The number of fused-ring (bicyclic) bond motifs is 1. The number of nitrogens with zero attached hydrogens (tertiary/aromatic N) is 7. The van der Waals surface area contributed by atoms with Crippen LogP contribution in [0.5, 0.6) is 11.5 Å². The van der Waals surface area contributed by atoms with Crippen molar-refractivity contribution in [1.29, 1.82) is 0 Å². The lowest BCUT2D eigenvalue weighted by Crippen LogP contribution is -2.24. The maximum Gasteiger partial charge on any atom is 0.309 e. The number of nitrogens with two attached hydrogens (primary N) is 1. The van der Waals surface area contributed by atoms with Crippen molar-refractivity contribution in [2.45, 2.75) is 29.7 Å². The number of carbonyl (C=O) groups is 2. The molecular weight excluding hydrogens is 633 g/mol. The van der Waals surface area contributed by atoms with Crippen LogP contribution in [0.3, 0.4) is 0 Å². The van der Waals surface area contributed by atoms with E-state index in [0.29, 0.717) is 38.9 Å². The van der Waals surface area contributed by atoms with E-state index in [1.165, 1.54) is 23.6 Å². The van der Waals surface area contributed by atoms with Crippen LogP contribution in [0.2, 0.25) is 0 Å². The normalized spacial score (nSPS) is 12.0. The second-order valence-corrected chi connectivity index (χ2v) is 13.1. The molecule has 2 aromatic carbocycles. The van der Waals surface area contributed by atoms with Gasteiger partial charge >= 0.3 is 5.97 Å². The first kappa shape index (κ1) is 32.7. The van der Waals surface area contributed by atoms with Gasteiger partial charge in [0.1, 0.15) is 30.3 Å². The molecule has 2 heterocycles. The smallest absolute Gasteiger partial charge is 0.309 e. The van der Waals surface area contributed by atoms with Gasteiger partial charge in [0.15, 0.2) is 5.78 Å². The number of benzene rings is 2. The van der Waals surface area contributed by atoms with Crippen LogP contribution < -0.4 is 14.6 Å². The summed E-state index contributed by atoms with van der Waals surface area (Å²) in [5.41, 5.74) is 10.2. The number of Topliss-reactive ketones (excluding diaryl/α,β-unsaturated/α-hetero) is 1. The number of primary sulfonamides is 1. The Morgan fingerprint density at radius 1 is 1.20 bits per heavy atom. The average molecular weight is 661 g/mol. The van der Waals surface area contributed by atoms with E-state index in [2.05, 4.69) is 25.3 Å². The molecule has 15 nitrogen and oxygen atoms in total. The van der Waals surface area contributed by atoms with Crippen molar-refractivity contribution >= 4 is 55.1 Å². The van der Waals surface area contributed by atoms with Gasteiger partial charge in [-0.25, -0.2) is 23.2 Å². The Labute approximate surface area is 260 Å². The zero-order valence-electron chi connectivity index (χ0n) is 23.4. The van der Waals surface area contributed by atoms with Crippen molar-refractivity contribution in [3.63, 3.8) is 0 Å². The van der Waals surface area contributed by atoms with Gasteiger partial charge in [-0.3, -0.25) is 9.59 Å². The quantitative estimate of drug-likeness (QED) is 0.0569. The molecule has 44 heavy (non-hydrogen) atoms. The molecule has 0 radical (unpaired) electrons. The summed E-state index contributed by atoms with van der Waals surface area (Å²) in [5, 5.41) is 16.6. The molecule has 232 valence electrons. The highest BCUT2D eigenvalue weighted by atomic mass is 32.2. The molecule has 0 spiro atoms. The molecule has 2 N–H and O–H groups in total. The zero-order chi connectivity index (χ0) is 31.5. The predicted octanol–water partition coefficient (Wildman–Crippen LogP) is 3.49. The minimum Gasteiger partial charge on any atom is -0.493 e. The molecule has 0 aliphatic carbocycles. The van der Waals surface area contributed by atoms with Crippen molar-refractivity contribution in [1.82, 2.24) is 20.0 Å². The Balaban J connectivity index is 1.26. The maximum atomic E-state index is 12.8. The Morgan fingerprint density at radius 2 is 2.02 bits per heavy atom. The van der Waals surface area contributed by atoms with Crippen LogP contribution in [-0.4, -0.2) is 66.2 Å². The van der Waals surface area contributed by atoms with Gasteiger partial charge in [-0.05, 0) is 35.4 Å². The molecule has 1 atom stereocenters. The minimum absolute atomic E-state index is 0.0257. The first-order valence-electron chi connectivity index (χ1n) is 13.0. The van der Waals surface area contributed by atoms with E-state index in [-0.39, 0.29) is 42.8 Å². The van der Waals surface area contributed by atoms with Gasteiger partial charge in [0.2, 0.25) is 4.34 Å². The molecule has 0 saturated heterocycles. The van der Waals surface area contributed by atoms with E-state index in [9.17, 15) is 18.0 Å². The Kier molecular flexibility index (Phi) is 11.5. The fourth-order valence-electron chi connectivity index (χ4n) is 3.93. The lowest BCUT2D eigenvalue weighted by atomic mass is 10.1. The summed E-state index contributed by atoms with van der Waals surface area (Å²) in [6.45, 7) is 0.463. The van der Waals surface area contributed by atoms with E-state index in [0.717, 1.165) is 16.9 Å². The molecule has 0 unspecified atom stereocenters. The van der Waals surface area contributed by atoms with E-state index in [4.69, 9.17) is 24.9 Å². The van der Waals surface area contributed by atoms with Crippen LogP contribution in [0.15, 0.2) is 58.1 Å². The number of ketones is 1. The molecular formula is C26H28N8O7S3. The number of esters is 1. The lowest BCUT2D eigenvalue weighted by molar-refractivity contribution is -0.146. The third kappa shape index (κ3) is 9.65. The maximum absolute atomic E-state index is 12.8. The summed E-state index contributed by atoms with van der Waals surface area (Å²) >= 11 is 2.46. The number of ether oxygens (including phenoxy) is 3. The molecule has 4 rings (SSSR count). The molecule has 4 aromatic rings. The molecule has 18 heteroatoms. The van der Waals surface area contributed by atoms with E-state index >= 15 is 0 Å². The summed E-state index contributed by atoms with van der Waals surface area (Å²) in [7, 11) is -2.61. The van der Waals surface area contributed by atoms with Crippen LogP contribution in [0.25, 0.3) is 20.7 Å². The van der Waals surface area contributed by atoms with Crippen LogP contribution in [0.1, 0.15) is 17.7 Å². The van der Waals surface area contributed by atoms with Crippen LogP contribution in [0.4, 0.5) is 0 Å². The number of sulfonamides is 1. The van der Waals surface area contributed by atoms with Crippen molar-refractivity contribution in [3.05, 3.63) is 70.4 Å². The number of methoxy groups -OCH3 is 1. The molecule has 0 aliphatic rings. The van der Waals surface area contributed by atoms with Gasteiger partial charge in [-0.2, -0.15) is 11.8 Å². The number of azide groups is 1. The molecule has 0 aliphatic heterocycles. The SMILES string of the molecule is COC(=O)[C@H](CSCc1cccc(OCCN=[N+]=[N-])c1)CC(=O)Cn1cc(COc2ccc3sc(S(N)(=O)=O)nc3c2)nn1.